The van der Waals surface area contributed by atoms with Gasteiger partial charge in [0.15, 0.2) is 5.82 Å². The fraction of sp³-hybridized carbons (Fsp3) is 0.452. The van der Waals surface area contributed by atoms with Crippen molar-refractivity contribution in [2.75, 3.05) is 62.0 Å². The number of anilines is 3. The van der Waals surface area contributed by atoms with Gasteiger partial charge in [-0.1, -0.05) is 13.8 Å². The molecule has 0 unspecified atom stereocenters. The first-order chi connectivity index (χ1) is 21.8. The van der Waals surface area contributed by atoms with E-state index < -0.39 is 37.9 Å². The number of ether oxygens (including phenoxy) is 1. The molecule has 1 atom stereocenters. The minimum atomic E-state index is -4.31. The second-order valence-electron chi connectivity index (χ2n) is 12.6. The number of carbonyl (C=O) groups excluding carboxylic acids is 2. The van der Waals surface area contributed by atoms with Crippen LogP contribution in [0.5, 0.6) is 0 Å². The van der Waals surface area contributed by atoms with Crippen LogP contribution in [0.25, 0.3) is 0 Å². The summed E-state index contributed by atoms with van der Waals surface area (Å²) >= 11 is 0. The van der Waals surface area contributed by atoms with Crippen molar-refractivity contribution in [1.29, 1.82) is 0 Å². The maximum absolute atomic E-state index is 14.0. The Kier molecular flexibility index (Phi) is 8.61. The van der Waals surface area contributed by atoms with Crippen molar-refractivity contribution in [2.45, 2.75) is 49.6 Å². The van der Waals surface area contributed by atoms with Gasteiger partial charge < -0.3 is 20.3 Å². The number of amides is 2. The van der Waals surface area contributed by atoms with Crippen LogP contribution in [-0.2, 0) is 31.5 Å². The number of aromatic nitrogens is 2. The number of nitrogens with one attached hydrogen (secondary N) is 3. The Bertz CT molecular complexity index is 1750. The minimum absolute atomic E-state index is 0.00480. The number of likely N-dealkylation sites (N-methyl/N-ethyl adjacent to an activating group) is 1. The van der Waals surface area contributed by atoms with Crippen molar-refractivity contribution in [2.24, 2.45) is 0 Å². The van der Waals surface area contributed by atoms with E-state index in [4.69, 9.17) is 4.74 Å². The first kappa shape index (κ1) is 32.0. The van der Waals surface area contributed by atoms with Gasteiger partial charge in [0.1, 0.15) is 11.6 Å². The number of halogens is 2. The van der Waals surface area contributed by atoms with E-state index in [1.807, 2.05) is 31.9 Å². The number of aromatic amines is 1. The van der Waals surface area contributed by atoms with Gasteiger partial charge in [-0.3, -0.25) is 19.6 Å². The highest BCUT2D eigenvalue weighted by atomic mass is 32.2. The number of likely N-dealkylation sites (tertiary alicyclic amines) is 1. The fourth-order valence-corrected chi connectivity index (χ4v) is 8.03. The molecule has 46 heavy (non-hydrogen) atoms. The van der Waals surface area contributed by atoms with Gasteiger partial charge in [0.05, 0.1) is 35.4 Å². The molecule has 6 rings (SSSR count). The van der Waals surface area contributed by atoms with Crippen LogP contribution in [0, 0.1) is 11.6 Å². The third-order valence-electron chi connectivity index (χ3n) is 8.86. The lowest BCUT2D eigenvalue weighted by Gasteiger charge is -2.36. The van der Waals surface area contributed by atoms with Gasteiger partial charge >= 0.3 is 0 Å². The topological polar surface area (TPSA) is 140 Å². The third-order valence-corrected chi connectivity index (χ3v) is 10.6. The van der Waals surface area contributed by atoms with Crippen molar-refractivity contribution in [3.8, 4) is 0 Å². The molecule has 3 aliphatic rings. The summed E-state index contributed by atoms with van der Waals surface area (Å²) in [5, 5.41) is 13.0. The van der Waals surface area contributed by atoms with Crippen LogP contribution >= 0.6 is 0 Å². The first-order valence-electron chi connectivity index (χ1n) is 15.2. The van der Waals surface area contributed by atoms with E-state index in [2.05, 4.69) is 25.7 Å². The van der Waals surface area contributed by atoms with E-state index in [0.717, 1.165) is 35.1 Å². The predicted molar refractivity (Wildman–Crippen MR) is 167 cm³/mol. The SMILES string of the molecule is CN1CCC[C@@H]1C(=O)Nc1cc(N2CCOCC2)ccc1C(=O)Nc1n[nH]c2c1CN(S(=O)(=O)c1cc(F)cc(F)c1)CC2(C)C. The monoisotopic (exact) mass is 657 g/mol. The van der Waals surface area contributed by atoms with E-state index in [0.29, 0.717) is 55.7 Å². The molecule has 0 radical (unpaired) electrons. The Balaban J connectivity index is 1.30. The first-order valence-corrected chi connectivity index (χ1v) is 16.6. The normalized spacial score (nSPS) is 20.4. The molecule has 0 spiro atoms. The van der Waals surface area contributed by atoms with Gasteiger partial charge in [-0.05, 0) is 56.8 Å². The number of morpholine rings is 1. The zero-order chi connectivity index (χ0) is 32.8. The lowest BCUT2D eigenvalue weighted by atomic mass is 9.84. The molecule has 3 N–H and O–H groups in total. The van der Waals surface area contributed by atoms with Crippen molar-refractivity contribution in [3.63, 3.8) is 0 Å². The summed E-state index contributed by atoms with van der Waals surface area (Å²) in [7, 11) is -2.42. The maximum atomic E-state index is 14.0. The van der Waals surface area contributed by atoms with Crippen LogP contribution < -0.4 is 15.5 Å². The molecule has 4 heterocycles. The molecule has 246 valence electrons. The average molecular weight is 658 g/mol. The van der Waals surface area contributed by atoms with Gasteiger partial charge in [-0.25, -0.2) is 17.2 Å². The van der Waals surface area contributed by atoms with Gasteiger partial charge in [0.2, 0.25) is 15.9 Å². The molecule has 2 fully saturated rings. The summed E-state index contributed by atoms with van der Waals surface area (Å²) in [6, 6.07) is 7.08. The summed E-state index contributed by atoms with van der Waals surface area (Å²) in [4.78, 5) is 30.7. The summed E-state index contributed by atoms with van der Waals surface area (Å²) in [5.74, 6) is -2.66. The molecule has 1 aromatic heterocycles. The molecule has 2 saturated heterocycles. The molecule has 12 nitrogen and oxygen atoms in total. The Morgan fingerprint density at radius 2 is 1.76 bits per heavy atom. The largest absolute Gasteiger partial charge is 0.378 e. The highest BCUT2D eigenvalue weighted by molar-refractivity contribution is 7.89. The third kappa shape index (κ3) is 6.24. The highest BCUT2D eigenvalue weighted by Crippen LogP contribution is 2.38. The van der Waals surface area contributed by atoms with Crippen LogP contribution in [0.3, 0.4) is 0 Å². The second kappa shape index (κ2) is 12.4. The van der Waals surface area contributed by atoms with Crippen molar-refractivity contribution >= 4 is 39.0 Å². The fourth-order valence-electron chi connectivity index (χ4n) is 6.42. The Morgan fingerprint density at radius 1 is 1.04 bits per heavy atom. The van der Waals surface area contributed by atoms with E-state index in [9.17, 15) is 26.8 Å². The van der Waals surface area contributed by atoms with E-state index in [-0.39, 0.29) is 36.4 Å². The summed E-state index contributed by atoms with van der Waals surface area (Å²) in [6.07, 6.45) is 1.61. The van der Waals surface area contributed by atoms with Gasteiger partial charge in [0, 0.05) is 54.6 Å². The van der Waals surface area contributed by atoms with Crippen molar-refractivity contribution in [3.05, 3.63) is 64.9 Å². The highest BCUT2D eigenvalue weighted by Gasteiger charge is 2.41. The number of fused-ring (bicyclic) bond motifs is 1. The Labute approximate surface area is 266 Å². The molecule has 2 aromatic carbocycles. The lowest BCUT2D eigenvalue weighted by molar-refractivity contribution is -0.119. The molecular weight excluding hydrogens is 620 g/mol. The van der Waals surface area contributed by atoms with E-state index in [1.54, 1.807) is 12.1 Å². The molecule has 2 amide bonds. The Morgan fingerprint density at radius 3 is 2.43 bits per heavy atom. The molecule has 0 saturated carbocycles. The number of hydrogen-bond acceptors (Lipinski definition) is 8. The number of benzene rings is 2. The van der Waals surface area contributed by atoms with E-state index in [1.165, 1.54) is 0 Å². The number of rotatable bonds is 7. The van der Waals surface area contributed by atoms with Crippen LogP contribution in [0.4, 0.5) is 26.0 Å². The predicted octanol–water partition coefficient (Wildman–Crippen LogP) is 3.29. The zero-order valence-electron chi connectivity index (χ0n) is 25.9. The molecule has 3 aliphatic heterocycles. The van der Waals surface area contributed by atoms with Crippen LogP contribution in [-0.4, -0.2) is 92.1 Å². The van der Waals surface area contributed by atoms with Crippen LogP contribution in [0.15, 0.2) is 41.3 Å². The zero-order valence-corrected chi connectivity index (χ0v) is 26.7. The molecule has 15 heteroatoms. The standard InChI is InChI=1S/C31H37F2N7O5S/c1-31(2)18-40(46(43,44)22-14-19(32)13-20(33)15-22)17-24-27(31)36-37-28(24)35-29(41)23-7-6-21(39-9-11-45-12-10-39)16-25(23)34-30(42)26-5-4-8-38(26)3/h6-7,13-16,26H,4-5,8-12,17-18H2,1-3H3,(H,34,42)(H2,35,36,37,41)/t26-/m1/s1. The van der Waals surface area contributed by atoms with E-state index >= 15 is 0 Å². The molecule has 3 aromatic rings. The number of H-pyrrole nitrogens is 1. The molecular formula is C31H37F2N7O5S. The minimum Gasteiger partial charge on any atom is -0.378 e. The second-order valence-corrected chi connectivity index (χ2v) is 14.5. The molecule has 0 bridgehead atoms. The summed E-state index contributed by atoms with van der Waals surface area (Å²) < 4.78 is 61.6. The van der Waals surface area contributed by atoms with Crippen molar-refractivity contribution < 1.29 is 31.5 Å². The van der Waals surface area contributed by atoms with Crippen LogP contribution in [0.1, 0.15) is 48.3 Å². The van der Waals surface area contributed by atoms with Crippen molar-refractivity contribution in [1.82, 2.24) is 19.4 Å². The molecule has 0 aliphatic carbocycles. The number of hydrogen-bond donors (Lipinski definition) is 3. The summed E-state index contributed by atoms with van der Waals surface area (Å²) in [5.41, 5.74) is 1.65. The van der Waals surface area contributed by atoms with Gasteiger partial charge in [-0.15, -0.1) is 0 Å². The Hall–Kier alpha value is -3.92. The smallest absolute Gasteiger partial charge is 0.258 e. The van der Waals surface area contributed by atoms with Crippen LogP contribution in [0.2, 0.25) is 0 Å². The average Bonchev–Trinajstić information content (AvgIpc) is 3.63. The maximum Gasteiger partial charge on any atom is 0.258 e. The summed E-state index contributed by atoms with van der Waals surface area (Å²) in [6.45, 7) is 6.70. The van der Waals surface area contributed by atoms with Gasteiger partial charge in [-0.2, -0.15) is 9.40 Å². The number of nitrogens with zero attached hydrogens (tertiary/aromatic N) is 4. The van der Waals surface area contributed by atoms with Gasteiger partial charge in [0.25, 0.3) is 5.91 Å². The number of sulfonamides is 1. The lowest BCUT2D eigenvalue weighted by Crippen LogP contribution is -2.45. The number of carbonyl (C=O) groups is 2. The quantitative estimate of drug-likeness (QED) is 0.352.